The molecule has 2 heteroatoms. The van der Waals surface area contributed by atoms with Crippen molar-refractivity contribution in [1.29, 1.82) is 0 Å². The molecule has 0 fully saturated rings. The van der Waals surface area contributed by atoms with Gasteiger partial charge in [-0.15, -0.1) is 6.42 Å². The van der Waals surface area contributed by atoms with Gasteiger partial charge in [-0.2, -0.15) is 0 Å². The molecule has 0 unspecified atom stereocenters. The standard InChI is InChI=1S/C8H11NS/c1-3-10-8-6-9-5-4-7(8)2/h1,9H,4-6H2,2H3. The molecule has 1 heterocycles. The van der Waals surface area contributed by atoms with E-state index in [1.807, 2.05) is 0 Å². The maximum atomic E-state index is 5.17. The van der Waals surface area contributed by atoms with Gasteiger partial charge in [-0.3, -0.25) is 0 Å². The normalized spacial score (nSPS) is 18.8. The number of rotatable bonds is 1. The summed E-state index contributed by atoms with van der Waals surface area (Å²) in [6.45, 7) is 4.21. The van der Waals surface area contributed by atoms with Crippen LogP contribution >= 0.6 is 11.8 Å². The van der Waals surface area contributed by atoms with E-state index >= 15 is 0 Å². The molecule has 0 saturated heterocycles. The molecule has 0 aromatic rings. The third kappa shape index (κ3) is 1.80. The molecule has 0 radical (unpaired) electrons. The minimum atomic E-state index is 0.959. The Balaban J connectivity index is 2.61. The lowest BCUT2D eigenvalue weighted by Gasteiger charge is -2.15. The highest BCUT2D eigenvalue weighted by Gasteiger charge is 2.06. The Kier molecular flexibility index (Phi) is 2.85. The fourth-order valence-corrected chi connectivity index (χ4v) is 1.56. The van der Waals surface area contributed by atoms with Gasteiger partial charge in [-0.25, -0.2) is 0 Å². The van der Waals surface area contributed by atoms with Crippen molar-refractivity contribution in [3.05, 3.63) is 10.5 Å². The van der Waals surface area contributed by atoms with Gasteiger partial charge in [0.05, 0.1) is 0 Å². The van der Waals surface area contributed by atoms with Crippen LogP contribution in [0.3, 0.4) is 0 Å². The third-order valence-electron chi connectivity index (χ3n) is 1.62. The summed E-state index contributed by atoms with van der Waals surface area (Å²) in [4.78, 5) is 1.33. The monoisotopic (exact) mass is 153 g/mol. The Morgan fingerprint density at radius 2 is 2.50 bits per heavy atom. The summed E-state index contributed by atoms with van der Waals surface area (Å²) in [7, 11) is 0. The average Bonchev–Trinajstić information content (AvgIpc) is 1.94. The molecule has 1 aliphatic heterocycles. The molecule has 1 rings (SSSR count). The van der Waals surface area contributed by atoms with Gasteiger partial charge in [0.25, 0.3) is 0 Å². The van der Waals surface area contributed by atoms with Crippen molar-refractivity contribution in [1.82, 2.24) is 5.32 Å². The topological polar surface area (TPSA) is 12.0 Å². The van der Waals surface area contributed by atoms with Gasteiger partial charge in [0.1, 0.15) is 0 Å². The van der Waals surface area contributed by atoms with Crippen LogP contribution < -0.4 is 5.32 Å². The molecule has 0 aliphatic carbocycles. The minimum Gasteiger partial charge on any atom is -0.312 e. The third-order valence-corrected chi connectivity index (χ3v) is 2.48. The Bertz CT molecular complexity index is 188. The summed E-state index contributed by atoms with van der Waals surface area (Å²) in [5.74, 6) is 0. The predicted octanol–water partition coefficient (Wildman–Crippen LogP) is 1.58. The fraction of sp³-hybridized carbons (Fsp3) is 0.500. The maximum Gasteiger partial charge on any atom is 0.0274 e. The van der Waals surface area contributed by atoms with Gasteiger partial charge >= 0.3 is 0 Å². The summed E-state index contributed by atoms with van der Waals surface area (Å²) in [6, 6.07) is 0. The van der Waals surface area contributed by atoms with Crippen molar-refractivity contribution in [2.24, 2.45) is 0 Å². The van der Waals surface area contributed by atoms with E-state index in [2.05, 4.69) is 17.5 Å². The number of nitrogens with one attached hydrogen (secondary N) is 1. The fourth-order valence-electron chi connectivity index (χ4n) is 0.962. The molecule has 0 spiro atoms. The van der Waals surface area contributed by atoms with Crippen LogP contribution in [-0.2, 0) is 0 Å². The Labute approximate surface area is 66.3 Å². The lowest BCUT2D eigenvalue weighted by Crippen LogP contribution is -2.23. The SMILES string of the molecule is C#CSC1=C(C)CCNC1. The highest BCUT2D eigenvalue weighted by atomic mass is 32.2. The van der Waals surface area contributed by atoms with Gasteiger partial charge in [0, 0.05) is 11.4 Å². The smallest absolute Gasteiger partial charge is 0.0274 e. The second-order valence-electron chi connectivity index (χ2n) is 2.35. The van der Waals surface area contributed by atoms with E-state index in [0.29, 0.717) is 0 Å². The van der Waals surface area contributed by atoms with Crippen molar-refractivity contribution in [3.8, 4) is 11.7 Å². The lowest BCUT2D eigenvalue weighted by atomic mass is 10.1. The van der Waals surface area contributed by atoms with Crippen LogP contribution in [0.5, 0.6) is 0 Å². The first-order valence-corrected chi connectivity index (χ1v) is 4.18. The largest absolute Gasteiger partial charge is 0.312 e. The van der Waals surface area contributed by atoms with Crippen molar-refractivity contribution in [3.63, 3.8) is 0 Å². The van der Waals surface area contributed by atoms with E-state index < -0.39 is 0 Å². The molecule has 0 aromatic heterocycles. The number of hydrogen-bond acceptors (Lipinski definition) is 2. The molecule has 1 aliphatic rings. The first kappa shape index (κ1) is 7.71. The first-order valence-electron chi connectivity index (χ1n) is 3.36. The summed E-state index contributed by atoms with van der Waals surface area (Å²) < 4.78 is 0. The number of terminal acetylenes is 1. The second kappa shape index (κ2) is 3.70. The molecule has 0 atom stereocenters. The quantitative estimate of drug-likeness (QED) is 0.574. The average molecular weight is 153 g/mol. The summed E-state index contributed by atoms with van der Waals surface area (Å²) >= 11 is 1.51. The summed E-state index contributed by atoms with van der Waals surface area (Å²) in [6.07, 6.45) is 6.32. The van der Waals surface area contributed by atoms with Gasteiger partial charge in [0.15, 0.2) is 0 Å². The Morgan fingerprint density at radius 1 is 1.70 bits per heavy atom. The van der Waals surface area contributed by atoms with E-state index in [-0.39, 0.29) is 0 Å². The van der Waals surface area contributed by atoms with E-state index in [9.17, 15) is 0 Å². The zero-order valence-corrected chi connectivity index (χ0v) is 6.92. The van der Waals surface area contributed by atoms with Crippen LogP contribution in [0, 0.1) is 11.7 Å². The van der Waals surface area contributed by atoms with Crippen molar-refractivity contribution < 1.29 is 0 Å². The highest BCUT2D eigenvalue weighted by molar-refractivity contribution is 8.07. The van der Waals surface area contributed by atoms with E-state index in [4.69, 9.17) is 6.42 Å². The molecule has 0 bridgehead atoms. The first-order chi connectivity index (χ1) is 4.84. The van der Waals surface area contributed by atoms with E-state index in [1.54, 1.807) is 0 Å². The van der Waals surface area contributed by atoms with Gasteiger partial charge in [0.2, 0.25) is 0 Å². The van der Waals surface area contributed by atoms with Crippen molar-refractivity contribution in [2.75, 3.05) is 13.1 Å². The Morgan fingerprint density at radius 3 is 3.10 bits per heavy atom. The van der Waals surface area contributed by atoms with E-state index in [1.165, 1.54) is 22.2 Å². The van der Waals surface area contributed by atoms with Crippen LogP contribution in [0.15, 0.2) is 10.5 Å². The molecular weight excluding hydrogens is 142 g/mol. The van der Waals surface area contributed by atoms with Crippen molar-refractivity contribution >= 4 is 11.8 Å². The predicted molar refractivity (Wildman–Crippen MR) is 46.6 cm³/mol. The maximum absolute atomic E-state index is 5.17. The van der Waals surface area contributed by atoms with Crippen LogP contribution in [0.1, 0.15) is 13.3 Å². The molecule has 0 amide bonds. The molecule has 1 nitrogen and oxygen atoms in total. The molecule has 0 aromatic carbocycles. The molecule has 1 N–H and O–H groups in total. The van der Waals surface area contributed by atoms with E-state index in [0.717, 1.165) is 19.5 Å². The zero-order valence-electron chi connectivity index (χ0n) is 6.11. The molecular formula is C8H11NS. The van der Waals surface area contributed by atoms with Crippen LogP contribution in [0.2, 0.25) is 0 Å². The van der Waals surface area contributed by atoms with Crippen LogP contribution in [0.4, 0.5) is 0 Å². The number of hydrogen-bond donors (Lipinski definition) is 1. The lowest BCUT2D eigenvalue weighted by molar-refractivity contribution is 0.697. The number of thioether (sulfide) groups is 1. The van der Waals surface area contributed by atoms with Gasteiger partial charge < -0.3 is 5.32 Å². The minimum absolute atomic E-state index is 0.959. The second-order valence-corrected chi connectivity index (χ2v) is 3.28. The summed E-state index contributed by atoms with van der Waals surface area (Å²) in [5, 5.41) is 5.86. The molecule has 54 valence electrons. The summed E-state index contributed by atoms with van der Waals surface area (Å²) in [5.41, 5.74) is 1.45. The van der Waals surface area contributed by atoms with Gasteiger partial charge in [-0.1, -0.05) is 5.57 Å². The zero-order chi connectivity index (χ0) is 7.40. The van der Waals surface area contributed by atoms with Crippen LogP contribution in [0.25, 0.3) is 0 Å². The van der Waals surface area contributed by atoms with Crippen LogP contribution in [-0.4, -0.2) is 13.1 Å². The Hall–Kier alpha value is -0.390. The molecule has 10 heavy (non-hydrogen) atoms. The van der Waals surface area contributed by atoms with Crippen molar-refractivity contribution in [2.45, 2.75) is 13.3 Å². The van der Waals surface area contributed by atoms with Gasteiger partial charge in [-0.05, 0) is 36.9 Å². The molecule has 0 saturated carbocycles. The highest BCUT2D eigenvalue weighted by Crippen LogP contribution is 2.21.